The number of halogens is 1. The molecule has 7 heteroatoms. The maximum absolute atomic E-state index is 12.9. The van der Waals surface area contributed by atoms with Crippen molar-refractivity contribution in [3.63, 3.8) is 0 Å². The lowest BCUT2D eigenvalue weighted by Gasteiger charge is -2.15. The van der Waals surface area contributed by atoms with Crippen molar-refractivity contribution in [1.82, 2.24) is 0 Å². The molecule has 132 valence electrons. The summed E-state index contributed by atoms with van der Waals surface area (Å²) in [6.45, 7) is 1.50. The van der Waals surface area contributed by atoms with E-state index in [0.717, 1.165) is 0 Å². The van der Waals surface area contributed by atoms with Crippen LogP contribution in [0.5, 0.6) is 17.2 Å². The molecule has 0 heterocycles. The van der Waals surface area contributed by atoms with Gasteiger partial charge in [-0.3, -0.25) is 0 Å². The van der Waals surface area contributed by atoms with Crippen LogP contribution in [0.1, 0.15) is 17.3 Å². The molecule has 0 amide bonds. The van der Waals surface area contributed by atoms with Gasteiger partial charge in [-0.25, -0.2) is 14.0 Å². The van der Waals surface area contributed by atoms with Gasteiger partial charge in [0.15, 0.2) is 17.6 Å². The number of hydrogen-bond acceptors (Lipinski definition) is 6. The van der Waals surface area contributed by atoms with Crippen LogP contribution in [0.15, 0.2) is 42.5 Å². The Hall–Kier alpha value is -3.09. The number of ether oxygens (including phenoxy) is 4. The minimum atomic E-state index is -0.935. The first kappa shape index (κ1) is 18.3. The lowest BCUT2D eigenvalue weighted by molar-refractivity contribution is -0.141. The maximum atomic E-state index is 12.9. The van der Waals surface area contributed by atoms with Gasteiger partial charge < -0.3 is 18.9 Å². The zero-order valence-electron chi connectivity index (χ0n) is 13.9. The highest BCUT2D eigenvalue weighted by atomic mass is 19.1. The van der Waals surface area contributed by atoms with E-state index in [1.54, 1.807) is 0 Å². The van der Waals surface area contributed by atoms with Crippen LogP contribution in [-0.2, 0) is 9.53 Å². The molecule has 0 spiro atoms. The molecular weight excluding hydrogens is 331 g/mol. The maximum Gasteiger partial charge on any atom is 0.352 e. The summed E-state index contributed by atoms with van der Waals surface area (Å²) in [5.41, 5.74) is 0.259. The molecule has 0 aliphatic carbocycles. The summed E-state index contributed by atoms with van der Waals surface area (Å²) >= 11 is 0. The molecule has 0 aromatic heterocycles. The average Bonchev–Trinajstić information content (AvgIpc) is 2.63. The van der Waals surface area contributed by atoms with Crippen molar-refractivity contribution in [3.05, 3.63) is 53.8 Å². The Bertz CT molecular complexity index is 757. The Labute approximate surface area is 144 Å². The molecule has 2 aromatic rings. The minimum Gasteiger partial charge on any atom is -0.493 e. The van der Waals surface area contributed by atoms with Crippen LogP contribution in [0.4, 0.5) is 4.39 Å². The SMILES string of the molecule is COC(=O)c1ccc(OC(=O)C(C)Oc2ccc(F)cc2)c(OC)c1. The second kappa shape index (κ2) is 8.14. The summed E-state index contributed by atoms with van der Waals surface area (Å²) in [7, 11) is 2.64. The van der Waals surface area contributed by atoms with E-state index < -0.39 is 23.9 Å². The van der Waals surface area contributed by atoms with Crippen molar-refractivity contribution < 1.29 is 32.9 Å². The van der Waals surface area contributed by atoms with Crippen molar-refractivity contribution in [1.29, 1.82) is 0 Å². The summed E-state index contributed by atoms with van der Waals surface area (Å²) in [4.78, 5) is 23.7. The molecule has 6 nitrogen and oxygen atoms in total. The fraction of sp³-hybridized carbons (Fsp3) is 0.222. The Morgan fingerprint density at radius 1 is 1.00 bits per heavy atom. The average molecular weight is 348 g/mol. The van der Waals surface area contributed by atoms with Crippen molar-refractivity contribution in [2.24, 2.45) is 0 Å². The molecule has 0 radical (unpaired) electrons. The fourth-order valence-corrected chi connectivity index (χ4v) is 1.95. The third-order valence-corrected chi connectivity index (χ3v) is 3.25. The Balaban J connectivity index is 2.08. The predicted molar refractivity (Wildman–Crippen MR) is 86.5 cm³/mol. The molecule has 0 aliphatic heterocycles. The number of benzene rings is 2. The van der Waals surface area contributed by atoms with E-state index in [4.69, 9.17) is 14.2 Å². The summed E-state index contributed by atoms with van der Waals surface area (Å²) in [5, 5.41) is 0. The molecule has 0 fully saturated rings. The van der Waals surface area contributed by atoms with Gasteiger partial charge in [0.2, 0.25) is 0 Å². The number of esters is 2. The van der Waals surface area contributed by atoms with Gasteiger partial charge in [0.1, 0.15) is 11.6 Å². The Morgan fingerprint density at radius 2 is 1.68 bits per heavy atom. The summed E-state index contributed by atoms with van der Waals surface area (Å²) < 4.78 is 33.3. The largest absolute Gasteiger partial charge is 0.493 e. The van der Waals surface area contributed by atoms with E-state index in [1.165, 1.54) is 63.6 Å². The molecule has 0 bridgehead atoms. The van der Waals surface area contributed by atoms with Crippen molar-refractivity contribution in [2.45, 2.75) is 13.0 Å². The third-order valence-electron chi connectivity index (χ3n) is 3.25. The summed E-state index contributed by atoms with van der Waals surface area (Å²) in [6.07, 6.45) is -0.935. The van der Waals surface area contributed by atoms with Gasteiger partial charge in [0.25, 0.3) is 0 Å². The molecule has 0 aliphatic rings. The van der Waals surface area contributed by atoms with E-state index in [1.807, 2.05) is 0 Å². The van der Waals surface area contributed by atoms with Gasteiger partial charge in [0.05, 0.1) is 19.8 Å². The van der Waals surface area contributed by atoms with Crippen LogP contribution in [0.2, 0.25) is 0 Å². The number of carbonyl (C=O) groups excluding carboxylic acids is 2. The van der Waals surface area contributed by atoms with Crippen LogP contribution in [0.25, 0.3) is 0 Å². The van der Waals surface area contributed by atoms with Crippen LogP contribution in [0.3, 0.4) is 0 Å². The molecule has 1 unspecified atom stereocenters. The Morgan fingerprint density at radius 3 is 2.28 bits per heavy atom. The molecular formula is C18H17FO6. The molecule has 25 heavy (non-hydrogen) atoms. The molecule has 1 atom stereocenters. The van der Waals surface area contributed by atoms with E-state index in [0.29, 0.717) is 5.75 Å². The lowest BCUT2D eigenvalue weighted by Crippen LogP contribution is -2.28. The molecule has 2 rings (SSSR count). The number of rotatable bonds is 6. The first-order valence-electron chi connectivity index (χ1n) is 7.35. The van der Waals surface area contributed by atoms with Crippen LogP contribution in [-0.4, -0.2) is 32.3 Å². The highest BCUT2D eigenvalue weighted by Gasteiger charge is 2.20. The normalized spacial score (nSPS) is 11.4. The standard InChI is InChI=1S/C18H17FO6/c1-11(24-14-7-5-13(19)6-8-14)17(20)25-15-9-4-12(18(21)23-3)10-16(15)22-2/h4-11H,1-3H3. The Kier molecular flexibility index (Phi) is 5.94. The van der Waals surface area contributed by atoms with Gasteiger partial charge in [0, 0.05) is 0 Å². The first-order chi connectivity index (χ1) is 11.9. The van der Waals surface area contributed by atoms with E-state index in [9.17, 15) is 14.0 Å². The molecule has 0 saturated carbocycles. The second-order valence-electron chi connectivity index (χ2n) is 4.99. The van der Waals surface area contributed by atoms with Gasteiger partial charge in [-0.05, 0) is 49.4 Å². The van der Waals surface area contributed by atoms with Gasteiger partial charge in [-0.1, -0.05) is 0 Å². The summed E-state index contributed by atoms with van der Waals surface area (Å²) in [5.74, 6) is -0.950. The molecule has 0 N–H and O–H groups in total. The van der Waals surface area contributed by atoms with Gasteiger partial charge >= 0.3 is 11.9 Å². The zero-order valence-corrected chi connectivity index (χ0v) is 13.9. The fourth-order valence-electron chi connectivity index (χ4n) is 1.95. The highest BCUT2D eigenvalue weighted by molar-refractivity contribution is 5.90. The number of hydrogen-bond donors (Lipinski definition) is 0. The van der Waals surface area contributed by atoms with E-state index in [-0.39, 0.29) is 17.1 Å². The van der Waals surface area contributed by atoms with Crippen LogP contribution >= 0.6 is 0 Å². The van der Waals surface area contributed by atoms with Gasteiger partial charge in [-0.15, -0.1) is 0 Å². The third kappa shape index (κ3) is 4.69. The summed E-state index contributed by atoms with van der Waals surface area (Å²) in [6, 6.07) is 9.54. The first-order valence-corrected chi connectivity index (χ1v) is 7.35. The van der Waals surface area contributed by atoms with Crippen LogP contribution < -0.4 is 14.2 Å². The van der Waals surface area contributed by atoms with E-state index in [2.05, 4.69) is 4.74 Å². The topological polar surface area (TPSA) is 71.1 Å². The predicted octanol–water partition coefficient (Wildman–Crippen LogP) is 2.99. The minimum absolute atomic E-state index is 0.134. The zero-order chi connectivity index (χ0) is 18.4. The molecule has 0 saturated heterocycles. The van der Waals surface area contributed by atoms with Crippen molar-refractivity contribution in [2.75, 3.05) is 14.2 Å². The van der Waals surface area contributed by atoms with Crippen molar-refractivity contribution >= 4 is 11.9 Å². The monoisotopic (exact) mass is 348 g/mol. The smallest absolute Gasteiger partial charge is 0.352 e. The lowest BCUT2D eigenvalue weighted by atomic mass is 10.2. The van der Waals surface area contributed by atoms with Crippen LogP contribution in [0, 0.1) is 5.82 Å². The van der Waals surface area contributed by atoms with Gasteiger partial charge in [-0.2, -0.15) is 0 Å². The van der Waals surface area contributed by atoms with Crippen molar-refractivity contribution in [3.8, 4) is 17.2 Å². The van der Waals surface area contributed by atoms with E-state index >= 15 is 0 Å². The quantitative estimate of drug-likeness (QED) is 0.590. The number of carbonyl (C=O) groups is 2. The highest BCUT2D eigenvalue weighted by Crippen LogP contribution is 2.29. The second-order valence-corrected chi connectivity index (χ2v) is 4.99. The number of methoxy groups -OCH3 is 2. The molecule has 2 aromatic carbocycles.